The first-order chi connectivity index (χ1) is 10.8. The zero-order chi connectivity index (χ0) is 15.4. The highest BCUT2D eigenvalue weighted by Crippen LogP contribution is 2.29. The van der Waals surface area contributed by atoms with Crippen molar-refractivity contribution in [2.45, 2.75) is 6.42 Å². The Morgan fingerprint density at radius 2 is 1.86 bits per heavy atom. The Labute approximate surface area is 131 Å². The fraction of sp³-hybridized carbons (Fsp3) is 0.333. The zero-order valence-electron chi connectivity index (χ0n) is 13.1. The molecule has 116 valence electrons. The van der Waals surface area contributed by atoms with Crippen LogP contribution in [0.3, 0.4) is 0 Å². The van der Waals surface area contributed by atoms with E-state index in [1.54, 1.807) is 7.11 Å². The van der Waals surface area contributed by atoms with Gasteiger partial charge >= 0.3 is 0 Å². The van der Waals surface area contributed by atoms with E-state index in [9.17, 15) is 0 Å². The summed E-state index contributed by atoms with van der Waals surface area (Å²) in [5, 5.41) is 3.41. The second-order valence-electron chi connectivity index (χ2n) is 5.47. The molecule has 3 rings (SSSR count). The highest BCUT2D eigenvalue weighted by atomic mass is 16.5. The molecule has 2 aromatic rings. The first kappa shape index (κ1) is 14.6. The van der Waals surface area contributed by atoms with Crippen LogP contribution in [0.1, 0.15) is 5.56 Å². The fourth-order valence-electron chi connectivity index (χ4n) is 2.71. The summed E-state index contributed by atoms with van der Waals surface area (Å²) >= 11 is 0. The number of hydrogen-bond acceptors (Lipinski definition) is 4. The molecule has 0 unspecified atom stereocenters. The van der Waals surface area contributed by atoms with Crippen molar-refractivity contribution < 1.29 is 9.47 Å². The van der Waals surface area contributed by atoms with Gasteiger partial charge in [-0.3, -0.25) is 0 Å². The van der Waals surface area contributed by atoms with E-state index in [1.807, 2.05) is 24.3 Å². The van der Waals surface area contributed by atoms with Crippen molar-refractivity contribution in [1.29, 1.82) is 0 Å². The molecule has 0 saturated heterocycles. The van der Waals surface area contributed by atoms with Crippen LogP contribution in [-0.2, 0) is 6.42 Å². The Morgan fingerprint density at radius 3 is 2.64 bits per heavy atom. The molecule has 4 heteroatoms. The van der Waals surface area contributed by atoms with Crippen LogP contribution in [0, 0.1) is 0 Å². The van der Waals surface area contributed by atoms with Crippen molar-refractivity contribution in [1.82, 2.24) is 0 Å². The van der Waals surface area contributed by atoms with Gasteiger partial charge in [0.05, 0.1) is 7.11 Å². The molecule has 0 bridgehead atoms. The van der Waals surface area contributed by atoms with Gasteiger partial charge in [0.2, 0.25) is 0 Å². The highest BCUT2D eigenvalue weighted by Gasteiger charge is 2.15. The van der Waals surface area contributed by atoms with E-state index in [-0.39, 0.29) is 0 Å². The van der Waals surface area contributed by atoms with Crippen LogP contribution in [0.15, 0.2) is 42.5 Å². The summed E-state index contributed by atoms with van der Waals surface area (Å²) < 4.78 is 10.8. The van der Waals surface area contributed by atoms with Gasteiger partial charge in [0, 0.05) is 31.5 Å². The maximum atomic E-state index is 5.71. The number of rotatable bonds is 6. The topological polar surface area (TPSA) is 33.7 Å². The summed E-state index contributed by atoms with van der Waals surface area (Å²) in [7, 11) is 3.80. The summed E-state index contributed by atoms with van der Waals surface area (Å²) in [6.07, 6.45) is 1.13. The van der Waals surface area contributed by atoms with Gasteiger partial charge in [-0.1, -0.05) is 0 Å². The minimum Gasteiger partial charge on any atom is -0.497 e. The SMILES string of the molecule is COc1ccc(OCCNc2ccc3c(c2)CCN3C)cc1. The number of anilines is 2. The second-order valence-corrected chi connectivity index (χ2v) is 5.47. The van der Waals surface area contributed by atoms with Gasteiger partial charge in [0.25, 0.3) is 0 Å². The molecular formula is C18H22N2O2. The van der Waals surface area contributed by atoms with E-state index < -0.39 is 0 Å². The van der Waals surface area contributed by atoms with Crippen molar-refractivity contribution in [3.05, 3.63) is 48.0 Å². The highest BCUT2D eigenvalue weighted by molar-refractivity contribution is 5.63. The number of nitrogens with zero attached hydrogens (tertiary/aromatic N) is 1. The summed E-state index contributed by atoms with van der Waals surface area (Å²) in [5.74, 6) is 1.70. The smallest absolute Gasteiger partial charge is 0.119 e. The molecule has 1 aliphatic rings. The maximum absolute atomic E-state index is 5.71. The number of nitrogens with one attached hydrogen (secondary N) is 1. The van der Waals surface area contributed by atoms with Gasteiger partial charge < -0.3 is 19.7 Å². The zero-order valence-corrected chi connectivity index (χ0v) is 13.1. The molecule has 0 atom stereocenters. The molecule has 0 radical (unpaired) electrons. The average Bonchev–Trinajstić information content (AvgIpc) is 2.93. The number of likely N-dealkylation sites (N-methyl/N-ethyl adjacent to an activating group) is 1. The van der Waals surface area contributed by atoms with Crippen LogP contribution in [0.25, 0.3) is 0 Å². The summed E-state index contributed by atoms with van der Waals surface area (Å²) in [4.78, 5) is 2.30. The molecule has 0 fully saturated rings. The minimum atomic E-state index is 0.628. The van der Waals surface area contributed by atoms with Crippen LogP contribution in [-0.4, -0.2) is 33.9 Å². The van der Waals surface area contributed by atoms with Gasteiger partial charge in [0.15, 0.2) is 0 Å². The van der Waals surface area contributed by atoms with Crippen molar-refractivity contribution in [3.8, 4) is 11.5 Å². The Morgan fingerprint density at radius 1 is 1.09 bits per heavy atom. The summed E-state index contributed by atoms with van der Waals surface area (Å²) in [6, 6.07) is 14.2. The molecule has 0 saturated carbocycles. The largest absolute Gasteiger partial charge is 0.497 e. The van der Waals surface area contributed by atoms with E-state index in [2.05, 4.69) is 35.5 Å². The van der Waals surface area contributed by atoms with Crippen molar-refractivity contribution in [2.75, 3.05) is 44.1 Å². The molecule has 0 aromatic heterocycles. The third-order valence-electron chi connectivity index (χ3n) is 3.97. The predicted octanol–water partition coefficient (Wildman–Crippen LogP) is 3.18. The lowest BCUT2D eigenvalue weighted by Gasteiger charge is -2.13. The molecule has 4 nitrogen and oxygen atoms in total. The Balaban J connectivity index is 1.47. The molecular weight excluding hydrogens is 276 g/mol. The Hall–Kier alpha value is -2.36. The van der Waals surface area contributed by atoms with Crippen LogP contribution < -0.4 is 19.7 Å². The number of fused-ring (bicyclic) bond motifs is 1. The van der Waals surface area contributed by atoms with E-state index in [4.69, 9.17) is 9.47 Å². The number of hydrogen-bond donors (Lipinski definition) is 1. The lowest BCUT2D eigenvalue weighted by Crippen LogP contribution is -2.12. The van der Waals surface area contributed by atoms with E-state index in [0.29, 0.717) is 6.61 Å². The Kier molecular flexibility index (Phi) is 4.37. The average molecular weight is 298 g/mol. The summed E-state index contributed by atoms with van der Waals surface area (Å²) in [5.41, 5.74) is 3.93. The third kappa shape index (κ3) is 3.27. The number of benzene rings is 2. The summed E-state index contributed by atoms with van der Waals surface area (Å²) in [6.45, 7) is 2.52. The monoisotopic (exact) mass is 298 g/mol. The first-order valence-electron chi connectivity index (χ1n) is 7.61. The quantitative estimate of drug-likeness (QED) is 0.831. The van der Waals surface area contributed by atoms with Gasteiger partial charge in [-0.25, -0.2) is 0 Å². The Bertz CT molecular complexity index is 625. The van der Waals surface area contributed by atoms with Crippen LogP contribution in [0.2, 0.25) is 0 Å². The molecule has 1 aliphatic heterocycles. The standard InChI is InChI=1S/C18H22N2O2/c1-20-11-9-14-13-15(3-8-18(14)20)19-10-12-22-17-6-4-16(21-2)5-7-17/h3-8,13,19H,9-12H2,1-2H3. The second kappa shape index (κ2) is 6.60. The van der Waals surface area contributed by atoms with Crippen molar-refractivity contribution in [3.63, 3.8) is 0 Å². The van der Waals surface area contributed by atoms with E-state index >= 15 is 0 Å². The third-order valence-corrected chi connectivity index (χ3v) is 3.97. The normalized spacial score (nSPS) is 12.9. The van der Waals surface area contributed by atoms with Crippen LogP contribution in [0.5, 0.6) is 11.5 Å². The van der Waals surface area contributed by atoms with Gasteiger partial charge in [-0.05, 0) is 54.4 Å². The molecule has 1 N–H and O–H groups in total. The molecule has 0 amide bonds. The van der Waals surface area contributed by atoms with E-state index in [1.165, 1.54) is 11.3 Å². The molecule has 22 heavy (non-hydrogen) atoms. The van der Waals surface area contributed by atoms with E-state index in [0.717, 1.165) is 36.7 Å². The number of ether oxygens (including phenoxy) is 2. The lowest BCUT2D eigenvalue weighted by molar-refractivity contribution is 0.332. The first-order valence-corrected chi connectivity index (χ1v) is 7.61. The van der Waals surface area contributed by atoms with Crippen LogP contribution >= 0.6 is 0 Å². The van der Waals surface area contributed by atoms with Gasteiger partial charge in [-0.15, -0.1) is 0 Å². The van der Waals surface area contributed by atoms with Crippen molar-refractivity contribution >= 4 is 11.4 Å². The molecule has 0 spiro atoms. The van der Waals surface area contributed by atoms with Crippen LogP contribution in [0.4, 0.5) is 11.4 Å². The van der Waals surface area contributed by atoms with Crippen molar-refractivity contribution in [2.24, 2.45) is 0 Å². The maximum Gasteiger partial charge on any atom is 0.119 e. The van der Waals surface area contributed by atoms with Gasteiger partial charge in [-0.2, -0.15) is 0 Å². The predicted molar refractivity (Wildman–Crippen MR) is 90.4 cm³/mol. The minimum absolute atomic E-state index is 0.628. The number of methoxy groups -OCH3 is 1. The fourth-order valence-corrected chi connectivity index (χ4v) is 2.71. The molecule has 1 heterocycles. The van der Waals surface area contributed by atoms with Gasteiger partial charge in [0.1, 0.15) is 18.1 Å². The molecule has 2 aromatic carbocycles. The molecule has 0 aliphatic carbocycles. The lowest BCUT2D eigenvalue weighted by atomic mass is 10.1.